The van der Waals surface area contributed by atoms with E-state index < -0.39 is 5.97 Å². The van der Waals surface area contributed by atoms with Crippen LogP contribution in [0.5, 0.6) is 0 Å². The summed E-state index contributed by atoms with van der Waals surface area (Å²) in [5.41, 5.74) is 8.62. The number of methoxy groups -OCH3 is 1. The van der Waals surface area contributed by atoms with Crippen LogP contribution in [0.2, 0.25) is 0 Å². The molecule has 1 fully saturated rings. The highest BCUT2D eigenvalue weighted by atomic mass is 16.5. The lowest BCUT2D eigenvalue weighted by Gasteiger charge is -2.44. The van der Waals surface area contributed by atoms with Gasteiger partial charge in [0.05, 0.1) is 31.4 Å². The fourth-order valence-electron chi connectivity index (χ4n) is 2.55. The fraction of sp³-hybridized carbons (Fsp3) is 0.533. The molecule has 0 radical (unpaired) electrons. The molecule has 1 saturated heterocycles. The second-order valence-electron chi connectivity index (χ2n) is 5.73. The molecule has 1 heterocycles. The highest BCUT2D eigenvalue weighted by molar-refractivity contribution is 5.97. The van der Waals surface area contributed by atoms with Crippen LogP contribution in [0.4, 0.5) is 11.4 Å². The van der Waals surface area contributed by atoms with Crippen LogP contribution in [0.25, 0.3) is 0 Å². The first-order valence-electron chi connectivity index (χ1n) is 6.70. The van der Waals surface area contributed by atoms with Gasteiger partial charge in [0.1, 0.15) is 0 Å². The number of nitrogens with zero attached hydrogens (tertiary/aromatic N) is 1. The SMILES string of the molecule is COC(=O)c1cc(N2CCOCC2(C)C)cc(C)c1N. The Morgan fingerprint density at radius 3 is 2.75 bits per heavy atom. The second kappa shape index (κ2) is 5.32. The van der Waals surface area contributed by atoms with E-state index in [1.807, 2.05) is 13.0 Å². The molecule has 0 spiro atoms. The molecule has 0 saturated carbocycles. The smallest absolute Gasteiger partial charge is 0.340 e. The standard InChI is InChI=1S/C15H22N2O3/c1-10-7-11(8-12(13(10)16)14(18)19-4)17-5-6-20-9-15(17,2)3/h7-8H,5-6,9,16H2,1-4H3. The minimum Gasteiger partial charge on any atom is -0.465 e. The molecule has 110 valence electrons. The highest BCUT2D eigenvalue weighted by Gasteiger charge is 2.31. The summed E-state index contributed by atoms with van der Waals surface area (Å²) in [6, 6.07) is 3.82. The van der Waals surface area contributed by atoms with Crippen molar-refractivity contribution in [1.29, 1.82) is 0 Å². The first kappa shape index (κ1) is 14.7. The number of nitrogen functional groups attached to an aromatic ring is 1. The Balaban J connectivity index is 2.47. The molecule has 20 heavy (non-hydrogen) atoms. The van der Waals surface area contributed by atoms with Crippen LogP contribution in [0.15, 0.2) is 12.1 Å². The number of carbonyl (C=O) groups is 1. The van der Waals surface area contributed by atoms with Crippen molar-refractivity contribution in [2.45, 2.75) is 26.3 Å². The van der Waals surface area contributed by atoms with Crippen molar-refractivity contribution in [1.82, 2.24) is 0 Å². The van der Waals surface area contributed by atoms with Gasteiger partial charge in [-0.2, -0.15) is 0 Å². The maximum Gasteiger partial charge on any atom is 0.340 e. The largest absolute Gasteiger partial charge is 0.465 e. The van der Waals surface area contributed by atoms with Gasteiger partial charge in [-0.05, 0) is 38.5 Å². The minimum atomic E-state index is -0.404. The minimum absolute atomic E-state index is 0.117. The van der Waals surface area contributed by atoms with Crippen molar-refractivity contribution in [3.8, 4) is 0 Å². The number of rotatable bonds is 2. The van der Waals surface area contributed by atoms with E-state index in [1.165, 1.54) is 7.11 Å². The average molecular weight is 278 g/mol. The van der Waals surface area contributed by atoms with Crippen molar-refractivity contribution in [3.63, 3.8) is 0 Å². The predicted molar refractivity (Wildman–Crippen MR) is 79.2 cm³/mol. The third kappa shape index (κ3) is 2.58. The van der Waals surface area contributed by atoms with Gasteiger partial charge in [-0.25, -0.2) is 4.79 Å². The Kier molecular flexibility index (Phi) is 3.90. The van der Waals surface area contributed by atoms with E-state index >= 15 is 0 Å². The van der Waals surface area contributed by atoms with Gasteiger partial charge in [-0.3, -0.25) is 0 Å². The van der Waals surface area contributed by atoms with Crippen LogP contribution in [0.3, 0.4) is 0 Å². The number of carbonyl (C=O) groups excluding carboxylic acids is 1. The molecule has 5 heteroatoms. The van der Waals surface area contributed by atoms with Gasteiger partial charge >= 0.3 is 5.97 Å². The van der Waals surface area contributed by atoms with Crippen LogP contribution in [0, 0.1) is 6.92 Å². The molecule has 2 N–H and O–H groups in total. The van der Waals surface area contributed by atoms with E-state index in [0.717, 1.165) is 17.8 Å². The molecule has 1 aromatic rings. The molecule has 0 aromatic heterocycles. The van der Waals surface area contributed by atoms with E-state index in [4.69, 9.17) is 15.2 Å². The first-order chi connectivity index (χ1) is 9.36. The summed E-state index contributed by atoms with van der Waals surface area (Å²) in [5.74, 6) is -0.404. The van der Waals surface area contributed by atoms with Crippen LogP contribution < -0.4 is 10.6 Å². The zero-order valence-corrected chi connectivity index (χ0v) is 12.5. The van der Waals surface area contributed by atoms with E-state index in [9.17, 15) is 4.79 Å². The summed E-state index contributed by atoms with van der Waals surface area (Å²) in [5, 5.41) is 0. The van der Waals surface area contributed by atoms with Crippen molar-refractivity contribution >= 4 is 17.3 Å². The van der Waals surface area contributed by atoms with E-state index in [0.29, 0.717) is 24.5 Å². The second-order valence-corrected chi connectivity index (χ2v) is 5.73. The molecular formula is C15H22N2O3. The number of hydrogen-bond acceptors (Lipinski definition) is 5. The van der Waals surface area contributed by atoms with E-state index in [1.54, 1.807) is 6.07 Å². The van der Waals surface area contributed by atoms with Crippen molar-refractivity contribution in [3.05, 3.63) is 23.3 Å². The zero-order valence-electron chi connectivity index (χ0n) is 12.5. The molecule has 0 unspecified atom stereocenters. The monoisotopic (exact) mass is 278 g/mol. The summed E-state index contributed by atoms with van der Waals surface area (Å²) in [6.07, 6.45) is 0. The Hall–Kier alpha value is -1.75. The third-order valence-corrected chi connectivity index (χ3v) is 3.73. The molecule has 2 rings (SSSR count). The molecule has 1 aliphatic heterocycles. The topological polar surface area (TPSA) is 64.8 Å². The molecule has 0 amide bonds. The number of anilines is 2. The maximum absolute atomic E-state index is 11.8. The van der Waals surface area contributed by atoms with Crippen LogP contribution in [0.1, 0.15) is 29.8 Å². The third-order valence-electron chi connectivity index (χ3n) is 3.73. The summed E-state index contributed by atoms with van der Waals surface area (Å²) in [4.78, 5) is 14.1. The fourth-order valence-corrected chi connectivity index (χ4v) is 2.55. The normalized spacial score (nSPS) is 17.9. The Morgan fingerprint density at radius 2 is 2.15 bits per heavy atom. The van der Waals surface area contributed by atoms with Gasteiger partial charge in [-0.1, -0.05) is 0 Å². The molecule has 1 aliphatic rings. The number of ether oxygens (including phenoxy) is 2. The van der Waals surface area contributed by atoms with Gasteiger partial charge < -0.3 is 20.1 Å². The zero-order chi connectivity index (χ0) is 14.9. The van der Waals surface area contributed by atoms with Crippen molar-refractivity contribution < 1.29 is 14.3 Å². The van der Waals surface area contributed by atoms with Gasteiger partial charge in [0.2, 0.25) is 0 Å². The molecule has 0 aliphatic carbocycles. The Labute approximate surface area is 119 Å². The molecular weight excluding hydrogens is 256 g/mol. The molecule has 1 aromatic carbocycles. The summed E-state index contributed by atoms with van der Waals surface area (Å²) in [6.45, 7) is 8.27. The lowest BCUT2D eigenvalue weighted by Crippen LogP contribution is -2.53. The summed E-state index contributed by atoms with van der Waals surface area (Å²) >= 11 is 0. The molecule has 0 bridgehead atoms. The first-order valence-corrected chi connectivity index (χ1v) is 6.70. The molecule has 5 nitrogen and oxygen atoms in total. The van der Waals surface area contributed by atoms with Crippen LogP contribution >= 0.6 is 0 Å². The lowest BCUT2D eigenvalue weighted by atomic mass is 9.99. The van der Waals surface area contributed by atoms with Gasteiger partial charge in [0.15, 0.2) is 0 Å². The number of hydrogen-bond donors (Lipinski definition) is 1. The van der Waals surface area contributed by atoms with Crippen LogP contribution in [-0.4, -0.2) is 38.4 Å². The molecule has 0 atom stereocenters. The van der Waals surface area contributed by atoms with Gasteiger partial charge in [0, 0.05) is 17.9 Å². The Bertz CT molecular complexity index is 526. The number of benzene rings is 1. The highest BCUT2D eigenvalue weighted by Crippen LogP contribution is 2.31. The number of esters is 1. The van der Waals surface area contributed by atoms with Gasteiger partial charge in [0.25, 0.3) is 0 Å². The Morgan fingerprint density at radius 1 is 1.45 bits per heavy atom. The summed E-state index contributed by atoms with van der Waals surface area (Å²) in [7, 11) is 1.36. The quantitative estimate of drug-likeness (QED) is 0.662. The van der Waals surface area contributed by atoms with Crippen LogP contribution in [-0.2, 0) is 9.47 Å². The predicted octanol–water partition coefficient (Wildman–Crippen LogP) is 1.98. The van der Waals surface area contributed by atoms with Crippen molar-refractivity contribution in [2.24, 2.45) is 0 Å². The number of aryl methyl sites for hydroxylation is 1. The average Bonchev–Trinajstić information content (AvgIpc) is 2.40. The maximum atomic E-state index is 11.8. The number of nitrogens with two attached hydrogens (primary N) is 1. The number of morpholine rings is 1. The van der Waals surface area contributed by atoms with E-state index in [-0.39, 0.29) is 5.54 Å². The van der Waals surface area contributed by atoms with E-state index in [2.05, 4.69) is 18.7 Å². The van der Waals surface area contributed by atoms with Gasteiger partial charge in [-0.15, -0.1) is 0 Å². The lowest BCUT2D eigenvalue weighted by molar-refractivity contribution is 0.0600. The van der Waals surface area contributed by atoms with Crippen molar-refractivity contribution in [2.75, 3.05) is 37.5 Å². The summed E-state index contributed by atoms with van der Waals surface area (Å²) < 4.78 is 10.3.